The third-order valence-corrected chi connectivity index (χ3v) is 2.73. The maximum atomic E-state index is 11.1. The molecule has 5 heteroatoms. The highest BCUT2D eigenvalue weighted by Crippen LogP contribution is 2.09. The maximum absolute atomic E-state index is 11.1. The Morgan fingerprint density at radius 1 is 1.67 bits per heavy atom. The second-order valence-corrected chi connectivity index (χ2v) is 3.99. The normalized spacial score (nSPS) is 19.7. The van der Waals surface area contributed by atoms with Crippen molar-refractivity contribution >= 4 is 23.7 Å². The molecule has 1 fully saturated rings. The van der Waals surface area contributed by atoms with Crippen molar-refractivity contribution in [1.82, 2.24) is 10.2 Å². The van der Waals surface area contributed by atoms with Gasteiger partial charge in [-0.05, 0) is 6.26 Å². The van der Waals surface area contributed by atoms with E-state index in [0.717, 1.165) is 0 Å². The molecular formula is C7H12N2O2S. The average molecular weight is 188 g/mol. The van der Waals surface area contributed by atoms with Gasteiger partial charge in [0.05, 0.1) is 6.54 Å². The van der Waals surface area contributed by atoms with Crippen molar-refractivity contribution < 1.29 is 9.59 Å². The number of hydrogen-bond acceptors (Lipinski definition) is 3. The van der Waals surface area contributed by atoms with Crippen molar-refractivity contribution in [3.05, 3.63) is 0 Å². The summed E-state index contributed by atoms with van der Waals surface area (Å²) in [5.41, 5.74) is 0. The molecule has 1 heterocycles. The van der Waals surface area contributed by atoms with Gasteiger partial charge in [0.25, 0.3) is 0 Å². The first-order chi connectivity index (χ1) is 5.65. The van der Waals surface area contributed by atoms with Crippen LogP contribution in [0.2, 0.25) is 0 Å². The molecule has 1 saturated heterocycles. The van der Waals surface area contributed by atoms with E-state index in [-0.39, 0.29) is 18.5 Å². The molecule has 1 rings (SSSR count). The minimum absolute atomic E-state index is 0.124. The Morgan fingerprint density at radius 3 is 2.75 bits per heavy atom. The van der Waals surface area contributed by atoms with Gasteiger partial charge in [-0.2, -0.15) is 11.8 Å². The van der Waals surface area contributed by atoms with Crippen LogP contribution in [0.25, 0.3) is 0 Å². The largest absolute Gasteiger partial charge is 0.329 e. The minimum Gasteiger partial charge on any atom is -0.329 e. The van der Waals surface area contributed by atoms with Gasteiger partial charge in [0.2, 0.25) is 5.91 Å². The number of hydrogen-bond donors (Lipinski definition) is 1. The molecule has 4 nitrogen and oxygen atoms in total. The van der Waals surface area contributed by atoms with Crippen LogP contribution in [0.1, 0.15) is 6.92 Å². The Morgan fingerprint density at radius 2 is 2.33 bits per heavy atom. The molecule has 1 unspecified atom stereocenters. The highest BCUT2D eigenvalue weighted by Gasteiger charge is 2.28. The molecule has 68 valence electrons. The number of urea groups is 1. The van der Waals surface area contributed by atoms with Crippen LogP contribution in [-0.2, 0) is 4.79 Å². The van der Waals surface area contributed by atoms with Crippen molar-refractivity contribution in [2.75, 3.05) is 19.3 Å². The number of imide groups is 1. The zero-order valence-electron chi connectivity index (χ0n) is 7.16. The van der Waals surface area contributed by atoms with Crippen molar-refractivity contribution in [2.45, 2.75) is 12.2 Å². The van der Waals surface area contributed by atoms with E-state index in [1.165, 1.54) is 4.90 Å². The molecule has 0 saturated carbocycles. The predicted octanol–water partition coefficient (Wildman–Crippen LogP) is 0.290. The summed E-state index contributed by atoms with van der Waals surface area (Å²) in [6.07, 6.45) is 1.96. The Balaban J connectivity index is 2.50. The van der Waals surface area contributed by atoms with Gasteiger partial charge in [-0.25, -0.2) is 4.79 Å². The fourth-order valence-electron chi connectivity index (χ4n) is 0.972. The number of carbonyl (C=O) groups excluding carboxylic acids is 2. The standard InChI is InChI=1S/C7H12N2O2S/c1-5(12-2)4-9-6(10)3-8-7(9)11/h5H,3-4H2,1-2H3,(H,8,11). The predicted molar refractivity (Wildman–Crippen MR) is 48.1 cm³/mol. The summed E-state index contributed by atoms with van der Waals surface area (Å²) in [4.78, 5) is 23.4. The van der Waals surface area contributed by atoms with Crippen molar-refractivity contribution in [3.8, 4) is 0 Å². The monoisotopic (exact) mass is 188 g/mol. The molecule has 1 aliphatic heterocycles. The third-order valence-electron chi connectivity index (χ3n) is 1.78. The molecule has 1 atom stereocenters. The Hall–Kier alpha value is -0.710. The second-order valence-electron chi connectivity index (χ2n) is 2.71. The van der Waals surface area contributed by atoms with E-state index in [1.54, 1.807) is 11.8 Å². The molecule has 0 spiro atoms. The van der Waals surface area contributed by atoms with Crippen LogP contribution in [-0.4, -0.2) is 41.4 Å². The molecule has 0 aromatic heterocycles. The molecule has 1 N–H and O–H groups in total. The number of amides is 3. The fourth-order valence-corrected chi connectivity index (χ4v) is 1.27. The highest BCUT2D eigenvalue weighted by molar-refractivity contribution is 7.99. The van der Waals surface area contributed by atoms with Gasteiger partial charge in [0.1, 0.15) is 0 Å². The van der Waals surface area contributed by atoms with Crippen LogP contribution in [0.4, 0.5) is 4.79 Å². The van der Waals surface area contributed by atoms with Gasteiger partial charge in [0.15, 0.2) is 0 Å². The summed E-state index contributed by atoms with van der Waals surface area (Å²) in [5, 5.41) is 2.78. The quantitative estimate of drug-likeness (QED) is 0.648. The van der Waals surface area contributed by atoms with Crippen molar-refractivity contribution in [2.24, 2.45) is 0 Å². The van der Waals surface area contributed by atoms with Gasteiger partial charge in [-0.3, -0.25) is 9.69 Å². The minimum atomic E-state index is -0.263. The Bertz CT molecular complexity index is 192. The maximum Gasteiger partial charge on any atom is 0.324 e. The van der Waals surface area contributed by atoms with Crippen LogP contribution in [0, 0.1) is 0 Å². The molecule has 0 aromatic carbocycles. The molecule has 1 aliphatic rings. The molecule has 0 bridgehead atoms. The van der Waals surface area contributed by atoms with Crippen LogP contribution >= 0.6 is 11.8 Å². The van der Waals surface area contributed by atoms with Gasteiger partial charge < -0.3 is 5.32 Å². The van der Waals surface area contributed by atoms with Gasteiger partial charge >= 0.3 is 6.03 Å². The number of carbonyl (C=O) groups is 2. The van der Waals surface area contributed by atoms with Crippen LogP contribution in [0.5, 0.6) is 0 Å². The molecule has 3 amide bonds. The smallest absolute Gasteiger partial charge is 0.324 e. The van der Waals surface area contributed by atoms with E-state index >= 15 is 0 Å². The summed E-state index contributed by atoms with van der Waals surface area (Å²) in [7, 11) is 0. The van der Waals surface area contributed by atoms with Crippen LogP contribution < -0.4 is 5.32 Å². The van der Waals surface area contributed by atoms with Gasteiger partial charge in [0, 0.05) is 11.8 Å². The van der Waals surface area contributed by atoms with Crippen LogP contribution in [0.15, 0.2) is 0 Å². The Kier molecular flexibility index (Phi) is 2.97. The van der Waals surface area contributed by atoms with Crippen molar-refractivity contribution in [1.29, 1.82) is 0 Å². The highest BCUT2D eigenvalue weighted by atomic mass is 32.2. The number of thioether (sulfide) groups is 1. The molecule has 12 heavy (non-hydrogen) atoms. The van der Waals surface area contributed by atoms with Crippen LogP contribution in [0.3, 0.4) is 0 Å². The Labute approximate surface area is 75.7 Å². The zero-order valence-corrected chi connectivity index (χ0v) is 7.98. The summed E-state index contributed by atoms with van der Waals surface area (Å²) in [5.74, 6) is -0.124. The molecular weight excluding hydrogens is 176 g/mol. The van der Waals surface area contributed by atoms with E-state index in [2.05, 4.69) is 5.32 Å². The lowest BCUT2D eigenvalue weighted by Crippen LogP contribution is -2.35. The first-order valence-corrected chi connectivity index (χ1v) is 5.05. The summed E-state index contributed by atoms with van der Waals surface area (Å²) in [6.45, 7) is 2.65. The van der Waals surface area contributed by atoms with E-state index < -0.39 is 0 Å². The summed E-state index contributed by atoms with van der Waals surface area (Å²) in [6, 6.07) is -0.263. The van der Waals surface area contributed by atoms with E-state index in [0.29, 0.717) is 11.8 Å². The average Bonchev–Trinajstić information content (AvgIpc) is 2.35. The summed E-state index contributed by atoms with van der Waals surface area (Å²) < 4.78 is 0. The van der Waals surface area contributed by atoms with E-state index in [4.69, 9.17) is 0 Å². The van der Waals surface area contributed by atoms with Gasteiger partial charge in [-0.15, -0.1) is 0 Å². The first kappa shape index (κ1) is 9.38. The third kappa shape index (κ3) is 1.91. The topological polar surface area (TPSA) is 49.4 Å². The van der Waals surface area contributed by atoms with E-state index in [9.17, 15) is 9.59 Å². The first-order valence-electron chi connectivity index (χ1n) is 3.76. The van der Waals surface area contributed by atoms with E-state index in [1.807, 2.05) is 13.2 Å². The number of rotatable bonds is 3. The molecule has 0 aromatic rings. The van der Waals surface area contributed by atoms with Gasteiger partial charge in [-0.1, -0.05) is 6.92 Å². The number of nitrogens with one attached hydrogen (secondary N) is 1. The number of nitrogens with zero attached hydrogens (tertiary/aromatic N) is 1. The SMILES string of the molecule is CSC(C)CN1C(=O)CNC1=O. The second kappa shape index (κ2) is 3.80. The lowest BCUT2D eigenvalue weighted by atomic mass is 10.4. The molecule has 0 aliphatic carbocycles. The lowest BCUT2D eigenvalue weighted by Gasteiger charge is -2.15. The molecule has 0 radical (unpaired) electrons. The zero-order chi connectivity index (χ0) is 9.14. The lowest BCUT2D eigenvalue weighted by molar-refractivity contribution is -0.124. The fraction of sp³-hybridized carbons (Fsp3) is 0.714. The van der Waals surface area contributed by atoms with Crippen molar-refractivity contribution in [3.63, 3.8) is 0 Å². The summed E-state index contributed by atoms with van der Waals surface area (Å²) >= 11 is 1.64.